The van der Waals surface area contributed by atoms with Crippen LogP contribution in [0.4, 0.5) is 8.78 Å². The number of nitrogens with two attached hydrogens (primary N) is 1. The van der Waals surface area contributed by atoms with Crippen molar-refractivity contribution >= 4 is 34.4 Å². The Labute approximate surface area is 223 Å². The van der Waals surface area contributed by atoms with Gasteiger partial charge in [-0.25, -0.2) is 8.78 Å². The minimum absolute atomic E-state index is 0.0237. The number of amides is 2. The van der Waals surface area contributed by atoms with Crippen molar-refractivity contribution in [1.29, 1.82) is 0 Å². The molecule has 38 heavy (non-hydrogen) atoms. The van der Waals surface area contributed by atoms with E-state index in [-0.39, 0.29) is 42.4 Å². The Morgan fingerprint density at radius 1 is 1.11 bits per heavy atom. The van der Waals surface area contributed by atoms with Crippen LogP contribution in [0, 0.1) is 5.82 Å². The largest absolute Gasteiger partial charge is 0.464 e. The molecule has 2 heterocycles. The number of furan rings is 1. The van der Waals surface area contributed by atoms with E-state index in [1.54, 1.807) is 12.3 Å². The van der Waals surface area contributed by atoms with Crippen LogP contribution >= 0.6 is 11.6 Å². The summed E-state index contributed by atoms with van der Waals surface area (Å²) in [7, 11) is 0. The van der Waals surface area contributed by atoms with Gasteiger partial charge in [-0.2, -0.15) is 0 Å². The molecule has 196 valence electrons. The first-order valence-corrected chi connectivity index (χ1v) is 12.7. The zero-order chi connectivity index (χ0) is 26.8. The summed E-state index contributed by atoms with van der Waals surface area (Å²) in [5.74, 6) is -1.54. The highest BCUT2D eigenvalue weighted by atomic mass is 35.5. The summed E-state index contributed by atoms with van der Waals surface area (Å²) >= 11 is 5.81. The van der Waals surface area contributed by atoms with Crippen molar-refractivity contribution in [3.63, 3.8) is 0 Å². The molecule has 3 aromatic carbocycles. The van der Waals surface area contributed by atoms with Crippen LogP contribution in [-0.4, -0.2) is 35.5 Å². The molecule has 1 saturated heterocycles. The summed E-state index contributed by atoms with van der Waals surface area (Å²) in [6.45, 7) is 0.0883. The number of carbonyl (C=O) groups is 2. The van der Waals surface area contributed by atoms with Gasteiger partial charge in [0.2, 0.25) is 11.8 Å². The summed E-state index contributed by atoms with van der Waals surface area (Å²) in [5.41, 5.74) is 10.1. The van der Waals surface area contributed by atoms with Gasteiger partial charge in [0.15, 0.2) is 0 Å². The summed E-state index contributed by atoms with van der Waals surface area (Å²) in [4.78, 5) is 27.5. The second-order valence-electron chi connectivity index (χ2n) is 9.39. The molecule has 6 nitrogen and oxygen atoms in total. The molecule has 0 bridgehead atoms. The number of hydrogen-bond donors (Lipinski definition) is 2. The molecule has 5 rings (SSSR count). The van der Waals surface area contributed by atoms with Crippen LogP contribution in [0.25, 0.3) is 22.1 Å². The van der Waals surface area contributed by atoms with Crippen molar-refractivity contribution < 1.29 is 22.8 Å². The lowest BCUT2D eigenvalue weighted by molar-refractivity contribution is -0.138. The molecule has 0 unspecified atom stereocenters. The summed E-state index contributed by atoms with van der Waals surface area (Å²) in [6, 6.07) is 16.8. The fourth-order valence-corrected chi connectivity index (χ4v) is 5.09. The van der Waals surface area contributed by atoms with Gasteiger partial charge in [-0.15, -0.1) is 0 Å². The fourth-order valence-electron chi connectivity index (χ4n) is 4.90. The third-order valence-corrected chi connectivity index (χ3v) is 7.09. The zero-order valence-corrected chi connectivity index (χ0v) is 21.2. The van der Waals surface area contributed by atoms with Crippen molar-refractivity contribution in [2.45, 2.75) is 38.1 Å². The molecule has 1 fully saturated rings. The number of benzene rings is 3. The molecular formula is C29H26ClF2N3O3. The van der Waals surface area contributed by atoms with Crippen molar-refractivity contribution in [2.75, 3.05) is 6.54 Å². The van der Waals surface area contributed by atoms with E-state index in [0.717, 1.165) is 22.1 Å². The Bertz CT molecular complexity index is 1510. The van der Waals surface area contributed by atoms with E-state index >= 15 is 0 Å². The summed E-state index contributed by atoms with van der Waals surface area (Å²) in [5, 5.41) is 3.39. The predicted octanol–water partition coefficient (Wildman–Crippen LogP) is 5.15. The van der Waals surface area contributed by atoms with Gasteiger partial charge in [-0.1, -0.05) is 41.9 Å². The molecule has 3 N–H and O–H groups in total. The molecule has 2 atom stereocenters. The van der Waals surface area contributed by atoms with Gasteiger partial charge < -0.3 is 20.4 Å². The molecule has 0 aliphatic carbocycles. The first-order valence-electron chi connectivity index (χ1n) is 12.3. The zero-order valence-electron chi connectivity index (χ0n) is 20.4. The van der Waals surface area contributed by atoms with Gasteiger partial charge >= 0.3 is 0 Å². The highest BCUT2D eigenvalue weighted by Gasteiger charge is 2.39. The van der Waals surface area contributed by atoms with Crippen LogP contribution in [0.5, 0.6) is 0 Å². The third kappa shape index (κ3) is 5.28. The van der Waals surface area contributed by atoms with Crippen LogP contribution in [0.2, 0.25) is 5.02 Å². The smallest absolute Gasteiger partial charge is 0.243 e. The first kappa shape index (κ1) is 25.9. The fraction of sp³-hybridized carbons (Fsp3) is 0.241. The molecular weight excluding hydrogens is 512 g/mol. The van der Waals surface area contributed by atoms with Gasteiger partial charge in [0.1, 0.15) is 23.6 Å². The van der Waals surface area contributed by atoms with E-state index < -0.39 is 23.9 Å². The molecule has 4 aromatic rings. The quantitative estimate of drug-likeness (QED) is 0.341. The Hall–Kier alpha value is -3.75. The number of hydrogen-bond acceptors (Lipinski definition) is 4. The standard InChI is InChI=1S/C29H26ClF2N3O3/c30-24-6-2-5-21(27(24)32)15-34-29(37)25-13-22(31)16-35(25)26(36)12-18-10-20-7-8-38-28(20)23(11-18)19-4-1-3-17(9-19)14-33/h1-11,22,25H,12-16,33H2,(H,34,37)/t22-,25-/m1/s1. The molecule has 1 aliphatic rings. The number of nitrogens with one attached hydrogen (secondary N) is 1. The molecule has 0 saturated carbocycles. The average molecular weight is 538 g/mol. The topological polar surface area (TPSA) is 88.6 Å². The molecule has 0 radical (unpaired) electrons. The van der Waals surface area contributed by atoms with Crippen LogP contribution in [0.15, 0.2) is 71.3 Å². The Balaban J connectivity index is 1.35. The molecule has 0 spiro atoms. The molecule has 9 heteroatoms. The second kappa shape index (κ2) is 10.9. The highest BCUT2D eigenvalue weighted by molar-refractivity contribution is 6.30. The molecule has 1 aliphatic heterocycles. The number of alkyl halides is 1. The van der Waals surface area contributed by atoms with Crippen molar-refractivity contribution in [2.24, 2.45) is 5.73 Å². The van der Waals surface area contributed by atoms with Gasteiger partial charge in [0.25, 0.3) is 0 Å². The number of halogens is 3. The summed E-state index contributed by atoms with van der Waals surface area (Å²) in [6.07, 6.45) is 0.116. The molecule has 1 aromatic heterocycles. The minimum Gasteiger partial charge on any atom is -0.464 e. The van der Waals surface area contributed by atoms with E-state index in [1.165, 1.54) is 17.0 Å². The Morgan fingerprint density at radius 2 is 1.92 bits per heavy atom. The number of likely N-dealkylation sites (tertiary alicyclic amines) is 1. The lowest BCUT2D eigenvalue weighted by Gasteiger charge is -2.24. The van der Waals surface area contributed by atoms with Crippen LogP contribution < -0.4 is 11.1 Å². The second-order valence-corrected chi connectivity index (χ2v) is 9.80. The van der Waals surface area contributed by atoms with Gasteiger partial charge in [0, 0.05) is 36.0 Å². The Kier molecular flexibility index (Phi) is 7.44. The first-order chi connectivity index (χ1) is 18.3. The summed E-state index contributed by atoms with van der Waals surface area (Å²) < 4.78 is 34.3. The van der Waals surface area contributed by atoms with Crippen molar-refractivity contribution in [3.05, 3.63) is 94.5 Å². The number of rotatable bonds is 7. The lowest BCUT2D eigenvalue weighted by atomic mass is 9.97. The lowest BCUT2D eigenvalue weighted by Crippen LogP contribution is -2.46. The van der Waals surface area contributed by atoms with Crippen LogP contribution in [0.3, 0.4) is 0 Å². The normalized spacial score (nSPS) is 17.2. The number of carbonyl (C=O) groups excluding carboxylic acids is 2. The highest BCUT2D eigenvalue weighted by Crippen LogP contribution is 2.32. The van der Waals surface area contributed by atoms with Crippen LogP contribution in [-0.2, 0) is 29.1 Å². The van der Waals surface area contributed by atoms with E-state index in [2.05, 4.69) is 5.32 Å². The number of fused-ring (bicyclic) bond motifs is 1. The van der Waals surface area contributed by atoms with Gasteiger partial charge in [-0.05, 0) is 47.0 Å². The van der Waals surface area contributed by atoms with Gasteiger partial charge in [-0.3, -0.25) is 9.59 Å². The van der Waals surface area contributed by atoms with E-state index in [1.807, 2.05) is 42.5 Å². The molecule has 2 amide bonds. The Morgan fingerprint density at radius 3 is 2.74 bits per heavy atom. The van der Waals surface area contributed by atoms with Crippen LogP contribution in [0.1, 0.15) is 23.1 Å². The predicted molar refractivity (Wildman–Crippen MR) is 142 cm³/mol. The third-order valence-electron chi connectivity index (χ3n) is 6.80. The monoisotopic (exact) mass is 537 g/mol. The van der Waals surface area contributed by atoms with Crippen molar-refractivity contribution in [3.8, 4) is 11.1 Å². The maximum absolute atomic E-state index is 14.4. The number of nitrogens with zero attached hydrogens (tertiary/aromatic N) is 1. The SMILES string of the molecule is NCc1cccc(-c2cc(CC(=O)N3C[C@H](F)C[C@@H]3C(=O)NCc3cccc(Cl)c3F)cc3ccoc23)c1. The van der Waals surface area contributed by atoms with E-state index in [0.29, 0.717) is 17.7 Å². The van der Waals surface area contributed by atoms with Gasteiger partial charge in [0.05, 0.1) is 24.3 Å². The maximum atomic E-state index is 14.4. The maximum Gasteiger partial charge on any atom is 0.243 e. The average Bonchev–Trinajstić information content (AvgIpc) is 3.55. The van der Waals surface area contributed by atoms with E-state index in [9.17, 15) is 18.4 Å². The van der Waals surface area contributed by atoms with Crippen molar-refractivity contribution in [1.82, 2.24) is 10.2 Å². The van der Waals surface area contributed by atoms with E-state index in [4.69, 9.17) is 21.8 Å². The minimum atomic E-state index is -1.33.